The number of benzene rings is 2. The minimum atomic E-state index is -0.290. The van der Waals surface area contributed by atoms with Crippen molar-refractivity contribution in [3.63, 3.8) is 0 Å². The van der Waals surface area contributed by atoms with E-state index in [1.54, 1.807) is 12.1 Å². The van der Waals surface area contributed by atoms with Crippen LogP contribution in [0.4, 0.5) is 9.18 Å². The number of nitrogens with zero attached hydrogens (tertiary/aromatic N) is 1. The van der Waals surface area contributed by atoms with Gasteiger partial charge in [-0.3, -0.25) is 0 Å². The van der Waals surface area contributed by atoms with Crippen LogP contribution < -0.4 is 10.1 Å². The van der Waals surface area contributed by atoms with Crippen molar-refractivity contribution in [2.75, 3.05) is 26.2 Å². The molecule has 0 spiro atoms. The van der Waals surface area contributed by atoms with Crippen LogP contribution in [0, 0.1) is 11.7 Å². The number of hydrogen-bond donors (Lipinski definition) is 1. The summed E-state index contributed by atoms with van der Waals surface area (Å²) in [5.74, 6) is 0.951. The van der Waals surface area contributed by atoms with E-state index in [1.165, 1.54) is 17.7 Å². The second kappa shape index (κ2) is 9.22. The van der Waals surface area contributed by atoms with Crippen LogP contribution in [0.25, 0.3) is 0 Å². The maximum Gasteiger partial charge on any atom is 0.317 e. The van der Waals surface area contributed by atoms with Crippen LogP contribution in [0.5, 0.6) is 5.75 Å². The molecule has 5 heteroatoms. The third-order valence-corrected chi connectivity index (χ3v) is 4.73. The number of piperidine rings is 1. The normalized spacial score (nSPS) is 14.9. The highest BCUT2D eigenvalue weighted by Crippen LogP contribution is 2.21. The highest BCUT2D eigenvalue weighted by molar-refractivity contribution is 5.74. The van der Waals surface area contributed by atoms with Gasteiger partial charge >= 0.3 is 6.03 Å². The van der Waals surface area contributed by atoms with Gasteiger partial charge in [-0.1, -0.05) is 30.3 Å². The Morgan fingerprint density at radius 3 is 2.46 bits per heavy atom. The molecule has 1 heterocycles. The molecule has 26 heavy (non-hydrogen) atoms. The maximum absolute atomic E-state index is 12.8. The predicted octanol–water partition coefficient (Wildman–Crippen LogP) is 3.87. The second-order valence-corrected chi connectivity index (χ2v) is 6.65. The number of amides is 2. The van der Waals surface area contributed by atoms with E-state index in [4.69, 9.17) is 4.74 Å². The highest BCUT2D eigenvalue weighted by atomic mass is 19.1. The fourth-order valence-corrected chi connectivity index (χ4v) is 3.26. The molecule has 138 valence electrons. The first-order valence-corrected chi connectivity index (χ1v) is 9.16. The fourth-order valence-electron chi connectivity index (χ4n) is 3.26. The second-order valence-electron chi connectivity index (χ2n) is 6.65. The molecule has 4 nitrogen and oxygen atoms in total. The van der Waals surface area contributed by atoms with Gasteiger partial charge in [-0.2, -0.15) is 0 Å². The lowest BCUT2D eigenvalue weighted by atomic mass is 9.90. The van der Waals surface area contributed by atoms with E-state index in [-0.39, 0.29) is 11.8 Å². The largest absolute Gasteiger partial charge is 0.492 e. The number of ether oxygens (including phenoxy) is 1. The summed E-state index contributed by atoms with van der Waals surface area (Å²) in [6.45, 7) is 2.38. The molecular weight excluding hydrogens is 331 g/mol. The maximum atomic E-state index is 12.8. The Hall–Kier alpha value is -2.56. The molecule has 0 bridgehead atoms. The lowest BCUT2D eigenvalue weighted by molar-refractivity contribution is 0.168. The Balaban J connectivity index is 1.32. The zero-order valence-electron chi connectivity index (χ0n) is 14.9. The Morgan fingerprint density at radius 2 is 1.77 bits per heavy atom. The Labute approximate surface area is 154 Å². The van der Waals surface area contributed by atoms with Gasteiger partial charge in [0.25, 0.3) is 0 Å². The van der Waals surface area contributed by atoms with Crippen molar-refractivity contribution in [1.29, 1.82) is 0 Å². The van der Waals surface area contributed by atoms with Gasteiger partial charge in [0.05, 0.1) is 6.54 Å². The molecule has 1 aliphatic heterocycles. The summed E-state index contributed by atoms with van der Waals surface area (Å²) in [6, 6.07) is 16.4. The number of nitrogens with one attached hydrogen (secondary N) is 1. The fraction of sp³-hybridized carbons (Fsp3) is 0.381. The molecule has 0 aromatic heterocycles. The van der Waals surface area contributed by atoms with Gasteiger partial charge in [0.1, 0.15) is 18.2 Å². The minimum Gasteiger partial charge on any atom is -0.492 e. The number of carbonyl (C=O) groups is 1. The average molecular weight is 356 g/mol. The van der Waals surface area contributed by atoms with Crippen LogP contribution in [0.2, 0.25) is 0 Å². The first-order valence-electron chi connectivity index (χ1n) is 9.16. The topological polar surface area (TPSA) is 41.6 Å². The zero-order chi connectivity index (χ0) is 18.2. The summed E-state index contributed by atoms with van der Waals surface area (Å²) >= 11 is 0. The molecule has 1 N–H and O–H groups in total. The summed E-state index contributed by atoms with van der Waals surface area (Å²) in [6.07, 6.45) is 3.16. The summed E-state index contributed by atoms with van der Waals surface area (Å²) in [5.41, 5.74) is 1.37. The van der Waals surface area contributed by atoms with Gasteiger partial charge < -0.3 is 15.0 Å². The van der Waals surface area contributed by atoms with Crippen LogP contribution in [-0.2, 0) is 6.42 Å². The SMILES string of the molecule is O=C(NCCOc1ccc(F)cc1)N1CCC(Cc2ccccc2)CC1. The van der Waals surface area contributed by atoms with Crippen molar-refractivity contribution in [2.45, 2.75) is 19.3 Å². The standard InChI is InChI=1S/C21H25FN2O2/c22-19-6-8-20(9-7-19)26-15-12-23-21(25)24-13-10-18(11-14-24)16-17-4-2-1-3-5-17/h1-9,18H,10-16H2,(H,23,25). The van der Waals surface area contributed by atoms with Crippen molar-refractivity contribution in [3.8, 4) is 5.75 Å². The van der Waals surface area contributed by atoms with Crippen LogP contribution in [-0.4, -0.2) is 37.2 Å². The Bertz CT molecular complexity index is 683. The molecule has 0 aliphatic carbocycles. The predicted molar refractivity (Wildman–Crippen MR) is 99.7 cm³/mol. The molecule has 0 unspecified atom stereocenters. The molecule has 1 aliphatic rings. The average Bonchev–Trinajstić information content (AvgIpc) is 2.68. The molecule has 0 radical (unpaired) electrons. The number of carbonyl (C=O) groups excluding carboxylic acids is 1. The third kappa shape index (κ3) is 5.48. The van der Waals surface area contributed by atoms with Gasteiger partial charge in [-0.25, -0.2) is 9.18 Å². The van der Waals surface area contributed by atoms with Gasteiger partial charge in [-0.05, 0) is 55.0 Å². The van der Waals surface area contributed by atoms with E-state index >= 15 is 0 Å². The first-order chi connectivity index (χ1) is 12.7. The summed E-state index contributed by atoms with van der Waals surface area (Å²) in [4.78, 5) is 14.1. The molecule has 0 saturated carbocycles. The third-order valence-electron chi connectivity index (χ3n) is 4.73. The van der Waals surface area contributed by atoms with E-state index in [1.807, 2.05) is 11.0 Å². The smallest absolute Gasteiger partial charge is 0.317 e. The molecule has 1 fully saturated rings. The van der Waals surface area contributed by atoms with Gasteiger partial charge in [-0.15, -0.1) is 0 Å². The van der Waals surface area contributed by atoms with Crippen LogP contribution >= 0.6 is 0 Å². The van der Waals surface area contributed by atoms with E-state index in [0.29, 0.717) is 24.8 Å². The molecule has 0 atom stereocenters. The van der Waals surface area contributed by atoms with Crippen LogP contribution in [0.3, 0.4) is 0 Å². The molecule has 2 aromatic rings. The zero-order valence-corrected chi connectivity index (χ0v) is 14.9. The summed E-state index contributed by atoms with van der Waals surface area (Å²) in [5, 5.41) is 2.89. The van der Waals surface area contributed by atoms with Gasteiger partial charge in [0.2, 0.25) is 0 Å². The van der Waals surface area contributed by atoms with Gasteiger partial charge in [0, 0.05) is 13.1 Å². The monoisotopic (exact) mass is 356 g/mol. The minimum absolute atomic E-state index is 0.0362. The highest BCUT2D eigenvalue weighted by Gasteiger charge is 2.22. The molecular formula is C21H25FN2O2. The lowest BCUT2D eigenvalue weighted by Gasteiger charge is -2.32. The van der Waals surface area contributed by atoms with E-state index < -0.39 is 0 Å². The molecule has 2 aromatic carbocycles. The molecule has 1 saturated heterocycles. The van der Waals surface area contributed by atoms with Crippen molar-refractivity contribution in [1.82, 2.24) is 10.2 Å². The first kappa shape index (κ1) is 18.2. The number of urea groups is 1. The van der Waals surface area contributed by atoms with Crippen LogP contribution in [0.1, 0.15) is 18.4 Å². The molecule has 2 amide bonds. The Morgan fingerprint density at radius 1 is 1.08 bits per heavy atom. The van der Waals surface area contributed by atoms with Crippen molar-refractivity contribution < 1.29 is 13.9 Å². The quantitative estimate of drug-likeness (QED) is 0.799. The summed E-state index contributed by atoms with van der Waals surface area (Å²) < 4.78 is 18.3. The number of rotatable bonds is 6. The number of hydrogen-bond acceptors (Lipinski definition) is 2. The number of likely N-dealkylation sites (tertiary alicyclic amines) is 1. The van der Waals surface area contributed by atoms with E-state index in [9.17, 15) is 9.18 Å². The van der Waals surface area contributed by atoms with E-state index in [2.05, 4.69) is 29.6 Å². The summed E-state index contributed by atoms with van der Waals surface area (Å²) in [7, 11) is 0. The van der Waals surface area contributed by atoms with Crippen molar-refractivity contribution >= 4 is 6.03 Å². The van der Waals surface area contributed by atoms with Gasteiger partial charge in [0.15, 0.2) is 0 Å². The molecule has 3 rings (SSSR count). The van der Waals surface area contributed by atoms with Crippen molar-refractivity contribution in [3.05, 3.63) is 66.0 Å². The number of halogens is 1. The van der Waals surface area contributed by atoms with E-state index in [0.717, 1.165) is 32.4 Å². The van der Waals surface area contributed by atoms with Crippen LogP contribution in [0.15, 0.2) is 54.6 Å². The Kier molecular flexibility index (Phi) is 6.47. The van der Waals surface area contributed by atoms with Crippen molar-refractivity contribution in [2.24, 2.45) is 5.92 Å². The lowest BCUT2D eigenvalue weighted by Crippen LogP contribution is -2.45.